The van der Waals surface area contributed by atoms with Gasteiger partial charge in [-0.1, -0.05) is 11.6 Å². The molecule has 0 aromatic heterocycles. The van der Waals surface area contributed by atoms with Crippen molar-refractivity contribution >= 4 is 51.9 Å². The minimum absolute atomic E-state index is 0.0470. The molecule has 0 unspecified atom stereocenters. The van der Waals surface area contributed by atoms with E-state index in [1.807, 2.05) is 4.90 Å². The number of esters is 1. The van der Waals surface area contributed by atoms with Crippen LogP contribution in [-0.4, -0.2) is 50.2 Å². The molecule has 190 valence electrons. The molecule has 2 aromatic rings. The molecule has 0 fully saturated rings. The lowest BCUT2D eigenvalue weighted by atomic mass is 10.2. The maximum atomic E-state index is 12.0. The molecule has 2 rings (SSSR count). The van der Waals surface area contributed by atoms with Gasteiger partial charge in [0.1, 0.15) is 18.0 Å². The molecule has 36 heavy (non-hydrogen) atoms. The molecule has 0 aliphatic heterocycles. The molecule has 0 spiro atoms. The van der Waals surface area contributed by atoms with Gasteiger partial charge in [-0.3, -0.25) is 19.7 Å². The summed E-state index contributed by atoms with van der Waals surface area (Å²) in [6.45, 7) is 2.42. The average Bonchev–Trinajstić information content (AvgIpc) is 2.83. The second-order valence-electron chi connectivity index (χ2n) is 7.33. The molecule has 0 saturated carbocycles. The van der Waals surface area contributed by atoms with Crippen LogP contribution in [-0.2, 0) is 19.1 Å². The van der Waals surface area contributed by atoms with E-state index in [1.54, 1.807) is 18.2 Å². The molecule has 0 atom stereocenters. The fraction of sp³-hybridized carbons (Fsp3) is 0.348. The van der Waals surface area contributed by atoms with Gasteiger partial charge in [0, 0.05) is 44.9 Å². The minimum atomic E-state index is -0.572. The quantitative estimate of drug-likeness (QED) is 0.129. The average molecular weight is 517 g/mol. The first-order chi connectivity index (χ1) is 17.2. The summed E-state index contributed by atoms with van der Waals surface area (Å²) in [5.74, 6) is -0.747. The highest BCUT2D eigenvalue weighted by Gasteiger charge is 2.14. The van der Waals surface area contributed by atoms with Crippen LogP contribution in [0.25, 0.3) is 0 Å². The summed E-state index contributed by atoms with van der Waals surface area (Å²) < 4.78 is 9.94. The predicted octanol–water partition coefficient (Wildman–Crippen LogP) is 4.92. The number of azo groups is 1. The number of benzene rings is 2. The van der Waals surface area contributed by atoms with Crippen molar-refractivity contribution in [3.63, 3.8) is 0 Å². The van der Waals surface area contributed by atoms with Gasteiger partial charge in [0.05, 0.1) is 41.2 Å². The number of carbonyl (C=O) groups excluding carboxylic acids is 2. The van der Waals surface area contributed by atoms with Crippen LogP contribution < -0.4 is 10.2 Å². The van der Waals surface area contributed by atoms with Crippen molar-refractivity contribution in [1.29, 1.82) is 5.26 Å². The predicted molar refractivity (Wildman–Crippen MR) is 133 cm³/mol. The van der Waals surface area contributed by atoms with E-state index in [0.29, 0.717) is 30.2 Å². The molecule has 0 saturated heterocycles. The fourth-order valence-electron chi connectivity index (χ4n) is 2.99. The number of halogens is 1. The minimum Gasteiger partial charge on any atom is -0.463 e. The van der Waals surface area contributed by atoms with Crippen molar-refractivity contribution in [3.8, 4) is 6.07 Å². The monoisotopic (exact) mass is 516 g/mol. The van der Waals surface area contributed by atoms with E-state index in [0.717, 1.165) is 0 Å². The van der Waals surface area contributed by atoms with Crippen LogP contribution in [0.15, 0.2) is 46.6 Å². The Kier molecular flexibility index (Phi) is 11.2. The smallest absolute Gasteiger partial charge is 0.307 e. The van der Waals surface area contributed by atoms with Crippen LogP contribution in [0, 0.1) is 21.4 Å². The zero-order chi connectivity index (χ0) is 26.5. The molecular formula is C23H25ClN6O6. The number of nitriles is 1. The third-order valence-electron chi connectivity index (χ3n) is 4.69. The van der Waals surface area contributed by atoms with E-state index in [-0.39, 0.29) is 48.3 Å². The number of nitrogens with one attached hydrogen (secondary N) is 1. The standard InChI is InChI=1S/C23H25ClN6O6/c1-16(31)26-22-15-17(29(10-3-9-25)11-8-23(32)36-13-12-35-2)4-7-21(22)28-27-20-6-5-18(30(33)34)14-19(20)24/h4-7,14-15H,3,8,10-13H2,1-2H3,(H,26,31). The van der Waals surface area contributed by atoms with Crippen LogP contribution in [0.1, 0.15) is 19.8 Å². The molecule has 13 heteroatoms. The number of non-ortho nitro benzene ring substituents is 1. The Morgan fingerprint density at radius 1 is 1.17 bits per heavy atom. The molecule has 1 amide bonds. The number of ether oxygens (including phenoxy) is 2. The third-order valence-corrected chi connectivity index (χ3v) is 5.00. The molecular weight excluding hydrogens is 492 g/mol. The molecule has 2 aromatic carbocycles. The Morgan fingerprint density at radius 3 is 2.53 bits per heavy atom. The zero-order valence-corrected chi connectivity index (χ0v) is 20.5. The largest absolute Gasteiger partial charge is 0.463 e. The van der Waals surface area contributed by atoms with Crippen molar-refractivity contribution in [2.75, 3.05) is 43.6 Å². The first-order valence-electron chi connectivity index (χ1n) is 10.8. The Morgan fingerprint density at radius 2 is 1.89 bits per heavy atom. The first kappa shape index (κ1) is 28.2. The van der Waals surface area contributed by atoms with E-state index in [2.05, 4.69) is 21.6 Å². The van der Waals surface area contributed by atoms with Gasteiger partial charge >= 0.3 is 5.97 Å². The molecule has 0 aliphatic rings. The number of nitro benzene ring substituents is 1. The Bertz CT molecular complexity index is 1170. The van der Waals surface area contributed by atoms with Gasteiger partial charge in [-0.25, -0.2) is 0 Å². The van der Waals surface area contributed by atoms with Gasteiger partial charge < -0.3 is 19.7 Å². The molecule has 0 heterocycles. The number of rotatable bonds is 13. The number of methoxy groups -OCH3 is 1. The highest BCUT2D eigenvalue weighted by Crippen LogP contribution is 2.34. The maximum Gasteiger partial charge on any atom is 0.307 e. The van der Waals surface area contributed by atoms with Gasteiger partial charge in [-0.15, -0.1) is 10.2 Å². The molecule has 1 N–H and O–H groups in total. The summed E-state index contributed by atoms with van der Waals surface area (Å²) in [5, 5.41) is 30.9. The van der Waals surface area contributed by atoms with Crippen LogP contribution in [0.2, 0.25) is 5.02 Å². The number of anilines is 2. The van der Waals surface area contributed by atoms with E-state index < -0.39 is 10.9 Å². The van der Waals surface area contributed by atoms with Crippen LogP contribution in [0.3, 0.4) is 0 Å². The lowest BCUT2D eigenvalue weighted by molar-refractivity contribution is -0.384. The SMILES string of the molecule is COCCOC(=O)CCN(CCC#N)c1ccc(N=Nc2ccc([N+](=O)[O-])cc2Cl)c(NC(C)=O)c1. The fourth-order valence-corrected chi connectivity index (χ4v) is 3.20. The summed E-state index contributed by atoms with van der Waals surface area (Å²) in [4.78, 5) is 35.9. The van der Waals surface area contributed by atoms with E-state index in [4.69, 9.17) is 26.3 Å². The number of carbonyl (C=O) groups is 2. The van der Waals surface area contributed by atoms with Gasteiger partial charge in [0.15, 0.2) is 0 Å². The summed E-state index contributed by atoms with van der Waals surface area (Å²) >= 11 is 6.07. The third kappa shape index (κ3) is 8.94. The molecule has 0 radical (unpaired) electrons. The van der Waals surface area contributed by atoms with Crippen LogP contribution >= 0.6 is 11.6 Å². The van der Waals surface area contributed by atoms with Gasteiger partial charge in [-0.05, 0) is 24.3 Å². The lowest BCUT2D eigenvalue weighted by Crippen LogP contribution is -2.28. The maximum absolute atomic E-state index is 12.0. The van der Waals surface area contributed by atoms with E-state index in [1.165, 1.54) is 32.2 Å². The summed E-state index contributed by atoms with van der Waals surface area (Å²) in [6, 6.07) is 10.8. The highest BCUT2D eigenvalue weighted by molar-refractivity contribution is 6.33. The first-order valence-corrected chi connectivity index (χ1v) is 11.2. The van der Waals surface area contributed by atoms with Gasteiger partial charge in [-0.2, -0.15) is 5.26 Å². The van der Waals surface area contributed by atoms with Gasteiger partial charge in [0.2, 0.25) is 5.91 Å². The Labute approximate surface area is 212 Å². The number of hydrogen-bond donors (Lipinski definition) is 1. The number of hydrogen-bond acceptors (Lipinski definition) is 10. The second kappa shape index (κ2) is 14.3. The van der Waals surface area contributed by atoms with Crippen molar-refractivity contribution in [1.82, 2.24) is 0 Å². The normalized spacial score (nSPS) is 10.6. The van der Waals surface area contributed by atoms with Crippen molar-refractivity contribution in [3.05, 3.63) is 51.5 Å². The van der Waals surface area contributed by atoms with Crippen molar-refractivity contribution in [2.24, 2.45) is 10.2 Å². The van der Waals surface area contributed by atoms with Crippen LogP contribution in [0.4, 0.5) is 28.4 Å². The Hall–Kier alpha value is -4.08. The number of nitrogens with zero attached hydrogens (tertiary/aromatic N) is 5. The summed E-state index contributed by atoms with van der Waals surface area (Å²) in [5.41, 5.74) is 1.32. The van der Waals surface area contributed by atoms with E-state index in [9.17, 15) is 19.7 Å². The van der Waals surface area contributed by atoms with Crippen LogP contribution in [0.5, 0.6) is 0 Å². The molecule has 12 nitrogen and oxygen atoms in total. The summed E-state index contributed by atoms with van der Waals surface area (Å²) in [7, 11) is 1.51. The van der Waals surface area contributed by atoms with Gasteiger partial charge in [0.25, 0.3) is 5.69 Å². The highest BCUT2D eigenvalue weighted by atomic mass is 35.5. The molecule has 0 aliphatic carbocycles. The molecule has 0 bridgehead atoms. The number of amides is 1. The van der Waals surface area contributed by atoms with Crippen molar-refractivity contribution in [2.45, 2.75) is 19.8 Å². The van der Waals surface area contributed by atoms with E-state index >= 15 is 0 Å². The lowest BCUT2D eigenvalue weighted by Gasteiger charge is -2.24. The number of nitro groups is 1. The zero-order valence-electron chi connectivity index (χ0n) is 19.8. The summed E-state index contributed by atoms with van der Waals surface area (Å²) in [6.07, 6.45) is 0.305. The Balaban J connectivity index is 2.28. The second-order valence-corrected chi connectivity index (χ2v) is 7.74. The van der Waals surface area contributed by atoms with Crippen molar-refractivity contribution < 1.29 is 24.0 Å². The topological polar surface area (TPSA) is 160 Å².